The van der Waals surface area contributed by atoms with Crippen LogP contribution in [-0.2, 0) is 31.6 Å². The first kappa shape index (κ1) is 33.6. The van der Waals surface area contributed by atoms with E-state index in [0.717, 1.165) is 11.3 Å². The zero-order valence-corrected chi connectivity index (χ0v) is 21.2. The van der Waals surface area contributed by atoms with Gasteiger partial charge in [-0.15, -0.1) is 11.3 Å². The Kier molecular flexibility index (Phi) is 12.1. The number of phosphoric ester groups is 1. The number of aliphatic hydroxyl groups excluding tert-OH is 2. The van der Waals surface area contributed by atoms with Gasteiger partial charge in [0.2, 0.25) is 0 Å². The van der Waals surface area contributed by atoms with Gasteiger partial charge in [0.05, 0.1) is 16.8 Å². The molecule has 1 aliphatic heterocycles. The van der Waals surface area contributed by atoms with E-state index >= 15 is 0 Å². The average Bonchev–Trinajstić information content (AvgIpc) is 3.11. The third kappa shape index (κ3) is 8.60. The van der Waals surface area contributed by atoms with Crippen molar-refractivity contribution >= 4 is 56.6 Å². The largest absolute Gasteiger partial charge is 0.490 e. The molecule has 1 fully saturated rings. The predicted octanol–water partition coefficient (Wildman–Crippen LogP) is 1.94. The summed E-state index contributed by atoms with van der Waals surface area (Å²) < 4.78 is 51.5. The third-order valence-electron chi connectivity index (χ3n) is 3.79. The highest BCUT2D eigenvalue weighted by Gasteiger charge is 2.47. The molecule has 198 valence electrons. The Morgan fingerprint density at radius 2 is 1.62 bits per heavy atom. The number of hydrogen-bond acceptors (Lipinski definition) is 14. The molecule has 34 heavy (non-hydrogen) atoms. The summed E-state index contributed by atoms with van der Waals surface area (Å²) in [6, 6.07) is 4.89. The van der Waals surface area contributed by atoms with E-state index in [9.17, 15) is 28.8 Å². The maximum atomic E-state index is 11.8. The molecule has 0 radical (unpaired) electrons. The molecule has 6 atom stereocenters. The summed E-state index contributed by atoms with van der Waals surface area (Å²) in [5, 5.41) is 21.2. The van der Waals surface area contributed by atoms with Gasteiger partial charge in [0, 0.05) is 5.02 Å². The van der Waals surface area contributed by atoms with Crippen LogP contribution >= 0.6 is 46.4 Å². The molecule has 15 N–H and O–H groups in total. The normalized spacial score (nSPS) is 26.0. The Bertz CT molecular complexity index is 1120. The molecule has 1 saturated heterocycles. The Hall–Kier alpha value is -0.430. The summed E-state index contributed by atoms with van der Waals surface area (Å²) >= 11 is 7.05. The predicted molar refractivity (Wildman–Crippen MR) is 119 cm³/mol. The van der Waals surface area contributed by atoms with Gasteiger partial charge in [-0.05, 0) is 18.2 Å². The molecule has 1 aromatic carbocycles. The fraction of sp³-hybridized carbons (Fsp3) is 0.417. The quantitative estimate of drug-likeness (QED) is 0.197. The Balaban J connectivity index is 0.00000363. The van der Waals surface area contributed by atoms with E-state index in [1.807, 2.05) is 0 Å². The number of ether oxygens (including phenoxy) is 1. The maximum Gasteiger partial charge on any atom is 0.490 e. The molecule has 17 nitrogen and oxygen atoms in total. The van der Waals surface area contributed by atoms with Crippen LogP contribution in [0.4, 0.5) is 0 Å². The van der Waals surface area contributed by atoms with E-state index in [4.69, 9.17) is 31.0 Å². The van der Waals surface area contributed by atoms with E-state index in [2.05, 4.69) is 18.1 Å². The minimum absolute atomic E-state index is 0. The van der Waals surface area contributed by atoms with Gasteiger partial charge >= 0.3 is 23.5 Å². The van der Waals surface area contributed by atoms with Gasteiger partial charge in [0.25, 0.3) is 0 Å². The monoisotopic (exact) mass is 592 g/mol. The molecule has 2 heterocycles. The molecule has 0 amide bonds. The smallest absolute Gasteiger partial charge is 0.387 e. The first-order valence-electron chi connectivity index (χ1n) is 8.02. The van der Waals surface area contributed by atoms with Crippen molar-refractivity contribution in [2.75, 3.05) is 6.61 Å². The SMILES string of the molecule is N.N.N.O=P(O)(O)OP(=O)(O)OP(=O)(O)OC[C@H]1O[C@@H](c2nc3ccc(Cl)cc3s2)[C@H](O)[C@@H]1O. The lowest BCUT2D eigenvalue weighted by Gasteiger charge is -2.19. The number of halogens is 1. The highest BCUT2D eigenvalue weighted by molar-refractivity contribution is 7.66. The highest BCUT2D eigenvalue weighted by atomic mass is 35.5. The van der Waals surface area contributed by atoms with Crippen molar-refractivity contribution in [2.45, 2.75) is 24.4 Å². The van der Waals surface area contributed by atoms with Crippen molar-refractivity contribution in [3.05, 3.63) is 28.2 Å². The molecular weight excluding hydrogens is 569 g/mol. The first-order chi connectivity index (χ1) is 14.2. The Labute approximate surface area is 200 Å². The van der Waals surface area contributed by atoms with Crippen molar-refractivity contribution in [1.82, 2.24) is 23.4 Å². The second kappa shape index (κ2) is 12.2. The number of phosphoric acid groups is 3. The van der Waals surface area contributed by atoms with Crippen LogP contribution < -0.4 is 18.5 Å². The second-order valence-corrected chi connectivity index (χ2v) is 12.0. The number of hydrogen-bond donors (Lipinski definition) is 9. The molecule has 2 aromatic rings. The van der Waals surface area contributed by atoms with Crippen LogP contribution in [0.2, 0.25) is 5.02 Å². The minimum Gasteiger partial charge on any atom is -0.387 e. The standard InChI is InChI=1S/C12H15ClNO13P3S.3H3N/c13-5-1-2-6-8(3-5)31-12(14-6)11-10(16)9(15)7(25-11)4-24-29(20,21)27-30(22,23)26-28(17,18)19;;;/h1-3,7,9-11,15-16H,4H2,(H,20,21)(H,22,23)(H2,17,18,19);3*1H3/t7-,9-,10-,11-;;;/m1.../s1. The van der Waals surface area contributed by atoms with Crippen LogP contribution in [0.15, 0.2) is 18.2 Å². The van der Waals surface area contributed by atoms with Crippen LogP contribution in [0, 0.1) is 0 Å². The van der Waals surface area contributed by atoms with Crippen LogP contribution in [-0.4, -0.2) is 59.7 Å². The second-order valence-electron chi connectivity index (χ2n) is 6.13. The summed E-state index contributed by atoms with van der Waals surface area (Å²) in [6.07, 6.45) is -5.61. The zero-order valence-electron chi connectivity index (χ0n) is 17.0. The highest BCUT2D eigenvalue weighted by Crippen LogP contribution is 2.66. The van der Waals surface area contributed by atoms with Crippen LogP contribution in [0.1, 0.15) is 11.1 Å². The topological polar surface area (TPSA) is 327 Å². The van der Waals surface area contributed by atoms with E-state index < -0.39 is 54.5 Å². The average molecular weight is 593 g/mol. The Morgan fingerprint density at radius 3 is 2.21 bits per heavy atom. The molecule has 0 spiro atoms. The fourth-order valence-electron chi connectivity index (χ4n) is 2.60. The number of aromatic nitrogens is 1. The van der Waals surface area contributed by atoms with E-state index in [0.29, 0.717) is 15.2 Å². The Morgan fingerprint density at radius 1 is 1.00 bits per heavy atom. The number of nitrogens with zero attached hydrogens (tertiary/aromatic N) is 1. The van der Waals surface area contributed by atoms with Gasteiger partial charge in [0.1, 0.15) is 29.4 Å². The molecule has 22 heteroatoms. The van der Waals surface area contributed by atoms with Crippen LogP contribution in [0.25, 0.3) is 10.2 Å². The van der Waals surface area contributed by atoms with E-state index in [1.165, 1.54) is 0 Å². The lowest BCUT2D eigenvalue weighted by atomic mass is 10.1. The molecule has 1 aliphatic rings. The van der Waals surface area contributed by atoms with Gasteiger partial charge in [-0.3, -0.25) is 4.52 Å². The summed E-state index contributed by atoms with van der Waals surface area (Å²) in [5.41, 5.74) is 0.561. The molecular formula is C12H24ClN4O13P3S. The van der Waals surface area contributed by atoms with E-state index in [-0.39, 0.29) is 23.5 Å². The molecule has 3 rings (SSSR count). The molecule has 1 aromatic heterocycles. The molecule has 0 bridgehead atoms. The minimum atomic E-state index is -5.68. The number of benzene rings is 1. The molecule has 0 aliphatic carbocycles. The van der Waals surface area contributed by atoms with Gasteiger partial charge in [-0.2, -0.15) is 8.62 Å². The van der Waals surface area contributed by atoms with Crippen molar-refractivity contribution in [1.29, 1.82) is 0 Å². The van der Waals surface area contributed by atoms with Crippen molar-refractivity contribution in [3.8, 4) is 0 Å². The number of aliphatic hydroxyl groups is 2. The van der Waals surface area contributed by atoms with E-state index in [1.54, 1.807) is 18.2 Å². The van der Waals surface area contributed by atoms with Crippen molar-refractivity contribution < 1.29 is 61.4 Å². The van der Waals surface area contributed by atoms with Gasteiger partial charge in [-0.25, -0.2) is 18.7 Å². The maximum absolute atomic E-state index is 11.8. The zero-order chi connectivity index (χ0) is 23.2. The van der Waals surface area contributed by atoms with Crippen molar-refractivity contribution in [3.63, 3.8) is 0 Å². The number of fused-ring (bicyclic) bond motifs is 1. The lowest BCUT2D eigenvalue weighted by Crippen LogP contribution is -2.33. The summed E-state index contributed by atoms with van der Waals surface area (Å²) in [7, 11) is -16.6. The third-order valence-corrected chi connectivity index (χ3v) is 8.91. The number of thiazole rings is 1. The van der Waals surface area contributed by atoms with Crippen LogP contribution in [0.5, 0.6) is 0 Å². The lowest BCUT2D eigenvalue weighted by molar-refractivity contribution is -0.0222. The number of rotatable bonds is 8. The first-order valence-corrected chi connectivity index (χ1v) is 13.7. The molecule has 0 saturated carbocycles. The summed E-state index contributed by atoms with van der Waals surface area (Å²) in [6.45, 7) is -0.908. The van der Waals surface area contributed by atoms with Crippen molar-refractivity contribution in [2.24, 2.45) is 0 Å². The van der Waals surface area contributed by atoms with Gasteiger partial charge in [0.15, 0.2) is 0 Å². The van der Waals surface area contributed by atoms with Gasteiger partial charge in [-0.1, -0.05) is 11.6 Å². The summed E-state index contributed by atoms with van der Waals surface area (Å²) in [5.74, 6) is 0. The fourth-order valence-corrected chi connectivity index (χ4v) is 6.95. The summed E-state index contributed by atoms with van der Waals surface area (Å²) in [4.78, 5) is 39.9. The van der Waals surface area contributed by atoms with Crippen LogP contribution in [0.3, 0.4) is 0 Å². The van der Waals surface area contributed by atoms with Gasteiger partial charge < -0.3 is 53.0 Å². The molecule has 2 unspecified atom stereocenters.